The van der Waals surface area contributed by atoms with Crippen LogP contribution in [0.1, 0.15) is 51.4 Å². The van der Waals surface area contributed by atoms with Crippen LogP contribution >= 0.6 is 0 Å². The molecule has 5 nitrogen and oxygen atoms in total. The van der Waals surface area contributed by atoms with Gasteiger partial charge in [0.15, 0.2) is 0 Å². The number of nitrogens with two attached hydrogens (primary N) is 1. The predicted octanol–water partition coefficient (Wildman–Crippen LogP) is 1.40. The molecule has 5 aliphatic rings. The van der Waals surface area contributed by atoms with Gasteiger partial charge in [-0.15, -0.1) is 0 Å². The zero-order valence-corrected chi connectivity index (χ0v) is 14.1. The van der Waals surface area contributed by atoms with Gasteiger partial charge in [0, 0.05) is 11.5 Å². The zero-order valence-electron chi connectivity index (χ0n) is 14.1. The highest BCUT2D eigenvalue weighted by Gasteiger charge is 2.61. The third-order valence-electron chi connectivity index (χ3n) is 8.00. The van der Waals surface area contributed by atoms with E-state index in [4.69, 9.17) is 5.73 Å². The van der Waals surface area contributed by atoms with Crippen LogP contribution in [0.2, 0.25) is 0 Å². The van der Waals surface area contributed by atoms with Crippen molar-refractivity contribution in [3.63, 3.8) is 0 Å². The molecule has 5 rings (SSSR count). The molecule has 24 heavy (non-hydrogen) atoms. The van der Waals surface area contributed by atoms with E-state index >= 15 is 0 Å². The number of aliphatic hydroxyl groups is 1. The highest BCUT2D eigenvalue weighted by Crippen LogP contribution is 2.62. The first-order chi connectivity index (χ1) is 11.5. The molecule has 0 radical (unpaired) electrons. The van der Waals surface area contributed by atoms with Crippen LogP contribution in [0.15, 0.2) is 0 Å². The predicted molar refractivity (Wildman–Crippen MR) is 87.3 cm³/mol. The molecule has 3 bridgehead atoms. The summed E-state index contributed by atoms with van der Waals surface area (Å²) >= 11 is 0. The van der Waals surface area contributed by atoms with Crippen molar-refractivity contribution < 1.29 is 9.90 Å². The number of rotatable bonds is 2. The van der Waals surface area contributed by atoms with Gasteiger partial charge < -0.3 is 15.7 Å². The monoisotopic (exact) mass is 329 g/mol. The van der Waals surface area contributed by atoms with Gasteiger partial charge in [-0.3, -0.25) is 4.79 Å². The summed E-state index contributed by atoms with van der Waals surface area (Å²) in [7, 11) is 0. The Kier molecular flexibility index (Phi) is 3.13. The molecular weight excluding hydrogens is 302 g/mol. The van der Waals surface area contributed by atoms with Crippen LogP contribution < -0.4 is 5.73 Å². The van der Waals surface area contributed by atoms with Gasteiger partial charge in [-0.1, -0.05) is 0 Å². The third kappa shape index (κ3) is 1.96. The molecule has 5 fully saturated rings. The van der Waals surface area contributed by atoms with E-state index in [1.54, 1.807) is 0 Å². The largest absolute Gasteiger partial charge is 0.393 e. The van der Waals surface area contributed by atoms with E-state index in [2.05, 4.69) is 6.07 Å². The summed E-state index contributed by atoms with van der Waals surface area (Å²) in [4.78, 5) is 15.1. The van der Waals surface area contributed by atoms with E-state index in [9.17, 15) is 15.2 Å². The summed E-state index contributed by atoms with van der Waals surface area (Å²) in [5.41, 5.74) is 6.41. The van der Waals surface area contributed by atoms with Crippen LogP contribution in [-0.2, 0) is 4.79 Å². The van der Waals surface area contributed by atoms with Gasteiger partial charge in [0.25, 0.3) is 0 Å². The lowest BCUT2D eigenvalue weighted by atomic mass is 9.68. The first-order valence-corrected chi connectivity index (χ1v) is 9.67. The van der Waals surface area contributed by atoms with Crippen LogP contribution in [-0.4, -0.2) is 40.1 Å². The molecule has 1 saturated heterocycles. The molecule has 0 aromatic heterocycles. The second kappa shape index (κ2) is 4.95. The van der Waals surface area contributed by atoms with E-state index in [-0.39, 0.29) is 29.5 Å². The topological polar surface area (TPSA) is 90.4 Å². The molecule has 0 spiro atoms. The number of nitrogens with zero attached hydrogens (tertiary/aromatic N) is 2. The number of aliphatic hydroxyl groups excluding tert-OH is 1. The minimum absolute atomic E-state index is 0.00949. The minimum Gasteiger partial charge on any atom is -0.393 e. The Labute approximate surface area is 143 Å². The maximum Gasteiger partial charge on any atom is 0.241 e. The lowest BCUT2D eigenvalue weighted by Crippen LogP contribution is -2.57. The van der Waals surface area contributed by atoms with Crippen molar-refractivity contribution in [2.45, 2.75) is 75.6 Å². The van der Waals surface area contributed by atoms with Gasteiger partial charge in [0.1, 0.15) is 6.04 Å². The first-order valence-electron chi connectivity index (χ1n) is 9.67. The van der Waals surface area contributed by atoms with Crippen LogP contribution in [0.25, 0.3) is 0 Å². The summed E-state index contributed by atoms with van der Waals surface area (Å²) in [6, 6.07) is 1.74. The number of carbonyl (C=O) groups excluding carboxylic acids is 1. The molecule has 1 amide bonds. The Morgan fingerprint density at radius 2 is 1.96 bits per heavy atom. The van der Waals surface area contributed by atoms with Crippen LogP contribution in [0.4, 0.5) is 0 Å². The smallest absolute Gasteiger partial charge is 0.241 e. The zero-order chi connectivity index (χ0) is 16.6. The third-order valence-corrected chi connectivity index (χ3v) is 8.00. The Bertz CT molecular complexity index is 614. The number of carbonyl (C=O) groups is 1. The van der Waals surface area contributed by atoms with E-state index in [0.29, 0.717) is 30.1 Å². The Balaban J connectivity index is 1.46. The summed E-state index contributed by atoms with van der Waals surface area (Å²) in [6.45, 7) is 0. The summed E-state index contributed by atoms with van der Waals surface area (Å²) in [5, 5.41) is 19.9. The fraction of sp³-hybridized carbons (Fsp3) is 0.895. The van der Waals surface area contributed by atoms with Gasteiger partial charge in [-0.05, 0) is 75.0 Å². The second-order valence-electron chi connectivity index (χ2n) is 9.33. The fourth-order valence-corrected chi connectivity index (χ4v) is 7.06. The molecule has 1 heterocycles. The molecule has 130 valence electrons. The summed E-state index contributed by atoms with van der Waals surface area (Å²) in [6.07, 6.45) is 7.60. The molecule has 9 atom stereocenters. The molecule has 5 heteroatoms. The highest BCUT2D eigenvalue weighted by atomic mass is 16.3. The normalized spacial score (nSPS) is 52.5. The van der Waals surface area contributed by atoms with Crippen molar-refractivity contribution in [3.05, 3.63) is 0 Å². The van der Waals surface area contributed by atoms with E-state index in [1.807, 2.05) is 4.90 Å². The molecule has 0 aromatic carbocycles. The number of fused-ring (bicyclic) bond motifs is 3. The Morgan fingerprint density at radius 1 is 1.17 bits per heavy atom. The molecule has 0 aromatic rings. The van der Waals surface area contributed by atoms with Crippen molar-refractivity contribution in [1.29, 1.82) is 5.26 Å². The van der Waals surface area contributed by atoms with Crippen molar-refractivity contribution in [3.8, 4) is 6.07 Å². The van der Waals surface area contributed by atoms with Crippen LogP contribution in [0.3, 0.4) is 0 Å². The average Bonchev–Trinajstić information content (AvgIpc) is 3.15. The summed E-state index contributed by atoms with van der Waals surface area (Å²) < 4.78 is 0. The molecular formula is C19H27N3O2. The molecule has 3 N–H and O–H groups in total. The van der Waals surface area contributed by atoms with Crippen molar-refractivity contribution >= 4 is 5.91 Å². The van der Waals surface area contributed by atoms with Crippen LogP contribution in [0.5, 0.6) is 0 Å². The number of piperidine rings is 1. The quantitative estimate of drug-likeness (QED) is 0.801. The average molecular weight is 329 g/mol. The maximum atomic E-state index is 13.3. The van der Waals surface area contributed by atoms with Gasteiger partial charge in [0.05, 0.1) is 18.2 Å². The maximum absolute atomic E-state index is 13.3. The van der Waals surface area contributed by atoms with E-state index < -0.39 is 6.04 Å². The van der Waals surface area contributed by atoms with Crippen molar-refractivity contribution in [2.24, 2.45) is 34.8 Å². The lowest BCUT2D eigenvalue weighted by molar-refractivity contribution is -0.138. The lowest BCUT2D eigenvalue weighted by Gasteiger charge is -2.41. The number of hydrogen-bond acceptors (Lipinski definition) is 4. The molecule has 7 unspecified atom stereocenters. The van der Waals surface area contributed by atoms with Crippen molar-refractivity contribution in [1.82, 2.24) is 4.90 Å². The van der Waals surface area contributed by atoms with Gasteiger partial charge in [0.2, 0.25) is 5.91 Å². The molecule has 4 saturated carbocycles. The number of likely N-dealkylation sites (tertiary alicyclic amines) is 1. The van der Waals surface area contributed by atoms with Crippen molar-refractivity contribution in [2.75, 3.05) is 0 Å². The molecule has 4 aliphatic carbocycles. The SMILES string of the molecule is N#C[C@@H]1CC2CC2N1C(=O)[C@@H](N)C12CC(O)CC3CC(CC1C3)C2. The Morgan fingerprint density at radius 3 is 2.75 bits per heavy atom. The van der Waals surface area contributed by atoms with Gasteiger partial charge in [-0.25, -0.2) is 0 Å². The minimum atomic E-state index is -0.547. The van der Waals surface area contributed by atoms with Gasteiger partial charge >= 0.3 is 0 Å². The summed E-state index contributed by atoms with van der Waals surface area (Å²) in [5.74, 6) is 2.29. The molecule has 1 aliphatic heterocycles. The van der Waals surface area contributed by atoms with Crippen LogP contribution in [0, 0.1) is 40.4 Å². The number of hydrogen-bond donors (Lipinski definition) is 2. The fourth-order valence-electron chi connectivity index (χ4n) is 7.06. The highest BCUT2D eigenvalue weighted by molar-refractivity contribution is 5.84. The van der Waals surface area contributed by atoms with Gasteiger partial charge in [-0.2, -0.15) is 5.26 Å². The first kappa shape index (κ1) is 15.2. The second-order valence-corrected chi connectivity index (χ2v) is 9.33. The number of nitriles is 1. The van der Waals surface area contributed by atoms with E-state index in [1.165, 1.54) is 12.8 Å². The standard InChI is InChI=1S/C19H27N3O2/c20-9-14-5-12-6-16(12)22(14)18(24)17(21)19-7-11-1-10(2-13(19)3-11)4-15(23)8-19/h10-17,23H,1-8,21H2/t10?,11?,12?,13?,14-,15?,16?,17+,19?/m0/s1. The van der Waals surface area contributed by atoms with E-state index in [0.717, 1.165) is 32.1 Å². The Hall–Kier alpha value is -1.12. The number of amides is 1.